The Morgan fingerprint density at radius 3 is 2.68 bits per heavy atom. The number of benzene rings is 2. The highest BCUT2D eigenvalue weighted by Gasteiger charge is 2.23. The number of ether oxygens (including phenoxy) is 2. The zero-order valence-corrected chi connectivity index (χ0v) is 14.4. The monoisotopic (exact) mass is 340 g/mol. The fourth-order valence-electron chi connectivity index (χ4n) is 2.65. The van der Waals surface area contributed by atoms with Gasteiger partial charge in [0.2, 0.25) is 0 Å². The van der Waals surface area contributed by atoms with Gasteiger partial charge in [0.1, 0.15) is 11.5 Å². The minimum Gasteiger partial charge on any atom is -0.483 e. The zero-order chi connectivity index (χ0) is 18.0. The first-order valence-electron chi connectivity index (χ1n) is 8.04. The van der Waals surface area contributed by atoms with Gasteiger partial charge in [0.25, 0.3) is 11.8 Å². The lowest BCUT2D eigenvalue weighted by Gasteiger charge is -2.23. The first kappa shape index (κ1) is 16.8. The number of anilines is 2. The third-order valence-electron chi connectivity index (χ3n) is 3.95. The van der Waals surface area contributed by atoms with E-state index < -0.39 is 6.10 Å². The van der Waals surface area contributed by atoms with Crippen LogP contribution in [0.25, 0.3) is 0 Å². The van der Waals surface area contributed by atoms with Crippen LogP contribution in [0.1, 0.15) is 18.1 Å². The van der Waals surface area contributed by atoms with Gasteiger partial charge in [-0.1, -0.05) is 18.2 Å². The summed E-state index contributed by atoms with van der Waals surface area (Å²) in [5, 5.41) is 5.51. The van der Waals surface area contributed by atoms with Crippen molar-refractivity contribution in [3.05, 3.63) is 47.5 Å². The van der Waals surface area contributed by atoms with Gasteiger partial charge in [-0.05, 0) is 50.1 Å². The molecule has 1 aliphatic heterocycles. The number of hydrogen-bond donors (Lipinski definition) is 2. The molecule has 2 aromatic rings. The minimum atomic E-state index is -0.529. The Kier molecular flexibility index (Phi) is 4.61. The van der Waals surface area contributed by atoms with Crippen molar-refractivity contribution in [2.45, 2.75) is 26.9 Å². The van der Waals surface area contributed by atoms with Crippen LogP contribution in [0.2, 0.25) is 0 Å². The van der Waals surface area contributed by atoms with Gasteiger partial charge in [0.05, 0.1) is 5.69 Å². The largest absolute Gasteiger partial charge is 0.483 e. The Hall–Kier alpha value is -3.02. The van der Waals surface area contributed by atoms with E-state index in [-0.39, 0.29) is 18.4 Å². The van der Waals surface area contributed by atoms with E-state index in [9.17, 15) is 9.59 Å². The second kappa shape index (κ2) is 6.84. The number of aryl methyl sites for hydroxylation is 2. The number of rotatable bonds is 4. The molecule has 0 radical (unpaired) electrons. The highest BCUT2D eigenvalue weighted by atomic mass is 16.5. The van der Waals surface area contributed by atoms with Crippen LogP contribution >= 0.6 is 0 Å². The minimum absolute atomic E-state index is 0.0946. The average molecular weight is 340 g/mol. The van der Waals surface area contributed by atoms with E-state index in [4.69, 9.17) is 9.47 Å². The maximum Gasteiger partial charge on any atom is 0.265 e. The van der Waals surface area contributed by atoms with Gasteiger partial charge >= 0.3 is 0 Å². The molecule has 6 heteroatoms. The van der Waals surface area contributed by atoms with Crippen LogP contribution in [0.4, 0.5) is 11.4 Å². The molecule has 0 saturated carbocycles. The van der Waals surface area contributed by atoms with Gasteiger partial charge in [-0.25, -0.2) is 0 Å². The van der Waals surface area contributed by atoms with E-state index in [1.165, 1.54) is 0 Å². The molecule has 0 spiro atoms. The predicted octanol–water partition coefficient (Wildman–Crippen LogP) is 3.04. The fraction of sp³-hybridized carbons (Fsp3) is 0.263. The topological polar surface area (TPSA) is 76.7 Å². The SMILES string of the molecule is Cc1cccc(C)c1OCC(=O)Nc1ccc2c(c1)NC(=O)C(C)O2. The van der Waals surface area contributed by atoms with E-state index >= 15 is 0 Å². The third kappa shape index (κ3) is 3.74. The van der Waals surface area contributed by atoms with E-state index in [1.807, 2.05) is 32.0 Å². The van der Waals surface area contributed by atoms with Crippen LogP contribution in [-0.4, -0.2) is 24.5 Å². The van der Waals surface area contributed by atoms with Crippen molar-refractivity contribution in [2.24, 2.45) is 0 Å². The van der Waals surface area contributed by atoms with Crippen molar-refractivity contribution in [2.75, 3.05) is 17.2 Å². The lowest BCUT2D eigenvalue weighted by atomic mass is 10.1. The molecule has 0 bridgehead atoms. The van der Waals surface area contributed by atoms with Gasteiger partial charge in [-0.15, -0.1) is 0 Å². The summed E-state index contributed by atoms with van der Waals surface area (Å²) in [6.07, 6.45) is -0.529. The summed E-state index contributed by atoms with van der Waals surface area (Å²) in [6.45, 7) is 5.46. The fourth-order valence-corrected chi connectivity index (χ4v) is 2.65. The highest BCUT2D eigenvalue weighted by Crippen LogP contribution is 2.32. The van der Waals surface area contributed by atoms with Gasteiger partial charge in [-0.2, -0.15) is 0 Å². The Bertz CT molecular complexity index is 812. The van der Waals surface area contributed by atoms with Crippen molar-refractivity contribution in [1.82, 2.24) is 0 Å². The normalized spacial score (nSPS) is 15.6. The van der Waals surface area contributed by atoms with Crippen LogP contribution < -0.4 is 20.1 Å². The van der Waals surface area contributed by atoms with Crippen molar-refractivity contribution in [3.63, 3.8) is 0 Å². The molecular weight excluding hydrogens is 320 g/mol. The summed E-state index contributed by atoms with van der Waals surface area (Å²) >= 11 is 0. The Morgan fingerprint density at radius 1 is 1.24 bits per heavy atom. The number of fused-ring (bicyclic) bond motifs is 1. The van der Waals surface area contributed by atoms with Crippen LogP contribution in [0.3, 0.4) is 0 Å². The summed E-state index contributed by atoms with van der Waals surface area (Å²) < 4.78 is 11.1. The molecular formula is C19H20N2O4. The molecule has 25 heavy (non-hydrogen) atoms. The number of amides is 2. The van der Waals surface area contributed by atoms with Crippen molar-refractivity contribution in [1.29, 1.82) is 0 Å². The highest BCUT2D eigenvalue weighted by molar-refractivity contribution is 5.99. The molecule has 130 valence electrons. The molecule has 1 unspecified atom stereocenters. The molecule has 1 atom stereocenters. The second-order valence-electron chi connectivity index (χ2n) is 6.02. The molecule has 0 fully saturated rings. The second-order valence-corrected chi connectivity index (χ2v) is 6.02. The Labute approximate surface area is 146 Å². The van der Waals surface area contributed by atoms with Gasteiger partial charge in [0, 0.05) is 5.69 Å². The molecule has 0 aliphatic carbocycles. The molecule has 1 heterocycles. The van der Waals surface area contributed by atoms with E-state index in [0.29, 0.717) is 17.1 Å². The predicted molar refractivity (Wildman–Crippen MR) is 95.2 cm³/mol. The van der Waals surface area contributed by atoms with Crippen LogP contribution in [0.5, 0.6) is 11.5 Å². The lowest BCUT2D eigenvalue weighted by Crippen LogP contribution is -2.34. The van der Waals surface area contributed by atoms with Crippen molar-refractivity contribution < 1.29 is 19.1 Å². The van der Waals surface area contributed by atoms with E-state index in [0.717, 1.165) is 16.9 Å². The average Bonchev–Trinajstić information content (AvgIpc) is 2.56. The smallest absolute Gasteiger partial charge is 0.265 e. The number of carbonyl (C=O) groups is 2. The third-order valence-corrected chi connectivity index (χ3v) is 3.95. The standard InChI is InChI=1S/C19H20N2O4/c1-11-5-4-6-12(2)18(11)24-10-17(22)20-14-7-8-16-15(9-14)21-19(23)13(3)25-16/h4-9,13H,10H2,1-3H3,(H,20,22)(H,21,23). The number of carbonyl (C=O) groups excluding carboxylic acids is 2. The molecule has 0 aromatic heterocycles. The molecule has 6 nitrogen and oxygen atoms in total. The van der Waals surface area contributed by atoms with Gasteiger partial charge in [0.15, 0.2) is 12.7 Å². The van der Waals surface area contributed by atoms with Gasteiger partial charge < -0.3 is 20.1 Å². The Balaban J connectivity index is 1.64. The number of hydrogen-bond acceptors (Lipinski definition) is 4. The van der Waals surface area contributed by atoms with Crippen molar-refractivity contribution in [3.8, 4) is 11.5 Å². The van der Waals surface area contributed by atoms with Crippen LogP contribution in [0, 0.1) is 13.8 Å². The summed E-state index contributed by atoms with van der Waals surface area (Å²) in [4.78, 5) is 23.8. The van der Waals surface area contributed by atoms with E-state index in [1.54, 1.807) is 25.1 Å². The first-order valence-corrected chi connectivity index (χ1v) is 8.04. The summed E-state index contributed by atoms with van der Waals surface area (Å²) in [7, 11) is 0. The number of nitrogens with one attached hydrogen (secondary N) is 2. The number of para-hydroxylation sites is 1. The molecule has 2 amide bonds. The molecule has 2 aromatic carbocycles. The summed E-state index contributed by atoms with van der Waals surface area (Å²) in [6, 6.07) is 10.9. The molecule has 1 aliphatic rings. The summed E-state index contributed by atoms with van der Waals surface area (Å²) in [5.74, 6) is 0.808. The maximum absolute atomic E-state index is 12.1. The zero-order valence-electron chi connectivity index (χ0n) is 14.4. The lowest BCUT2D eigenvalue weighted by molar-refractivity contribution is -0.122. The quantitative estimate of drug-likeness (QED) is 0.897. The summed E-state index contributed by atoms with van der Waals surface area (Å²) in [5.41, 5.74) is 3.06. The molecule has 3 rings (SSSR count). The Morgan fingerprint density at radius 2 is 1.96 bits per heavy atom. The van der Waals surface area contributed by atoms with Crippen LogP contribution in [-0.2, 0) is 9.59 Å². The maximum atomic E-state index is 12.1. The van der Waals surface area contributed by atoms with Crippen molar-refractivity contribution >= 4 is 23.2 Å². The first-order chi connectivity index (χ1) is 11.9. The molecule has 2 N–H and O–H groups in total. The van der Waals surface area contributed by atoms with Gasteiger partial charge in [-0.3, -0.25) is 9.59 Å². The van der Waals surface area contributed by atoms with E-state index in [2.05, 4.69) is 10.6 Å². The van der Waals surface area contributed by atoms with Crippen LogP contribution in [0.15, 0.2) is 36.4 Å². The molecule has 0 saturated heterocycles.